The average molecular weight is 295 g/mol. The predicted molar refractivity (Wildman–Crippen MR) is 83.4 cm³/mol. The maximum absolute atomic E-state index is 5.87. The highest BCUT2D eigenvalue weighted by atomic mass is 32.1. The lowest BCUT2D eigenvalue weighted by Gasteiger charge is -2.32. The highest BCUT2D eigenvalue weighted by Crippen LogP contribution is 2.20. The van der Waals surface area contributed by atoms with Gasteiger partial charge in [0.15, 0.2) is 0 Å². The summed E-state index contributed by atoms with van der Waals surface area (Å²) in [4.78, 5) is 10.3. The number of hydrogen-bond acceptors (Lipinski definition) is 4. The molecule has 1 aliphatic heterocycles. The van der Waals surface area contributed by atoms with Gasteiger partial charge in [-0.1, -0.05) is 33.0 Å². The van der Waals surface area contributed by atoms with E-state index in [4.69, 9.17) is 17.0 Å². The molecule has 2 rings (SSSR count). The van der Waals surface area contributed by atoms with Crippen molar-refractivity contribution < 1.29 is 4.74 Å². The molecule has 1 saturated heterocycles. The van der Waals surface area contributed by atoms with Crippen molar-refractivity contribution in [2.75, 3.05) is 26.2 Å². The molecule has 20 heavy (non-hydrogen) atoms. The Morgan fingerprint density at radius 1 is 1.55 bits per heavy atom. The van der Waals surface area contributed by atoms with Crippen LogP contribution in [0.1, 0.15) is 44.8 Å². The second-order valence-corrected chi connectivity index (χ2v) is 6.31. The molecule has 4 nitrogen and oxygen atoms in total. The van der Waals surface area contributed by atoms with Crippen molar-refractivity contribution in [2.45, 2.75) is 39.7 Å². The molecule has 0 amide bonds. The Balaban J connectivity index is 2.14. The van der Waals surface area contributed by atoms with Crippen LogP contribution in [0.25, 0.3) is 0 Å². The lowest BCUT2D eigenvalue weighted by atomic mass is 10.1. The Kier molecular flexibility index (Phi) is 5.69. The van der Waals surface area contributed by atoms with Crippen LogP contribution >= 0.6 is 12.2 Å². The number of nitrogens with one attached hydrogen (secondary N) is 1. The van der Waals surface area contributed by atoms with Crippen molar-refractivity contribution >= 4 is 12.2 Å². The van der Waals surface area contributed by atoms with Crippen molar-refractivity contribution in [3.05, 3.63) is 22.2 Å². The maximum atomic E-state index is 5.87. The first kappa shape index (κ1) is 15.6. The lowest BCUT2D eigenvalue weighted by molar-refractivity contribution is -0.0343. The molecule has 0 aromatic carbocycles. The summed E-state index contributed by atoms with van der Waals surface area (Å²) < 4.78 is 6.53. The fourth-order valence-corrected chi connectivity index (χ4v) is 2.86. The van der Waals surface area contributed by atoms with E-state index in [9.17, 15) is 0 Å². The molecule has 1 fully saturated rings. The van der Waals surface area contributed by atoms with Crippen LogP contribution in [0.5, 0.6) is 0 Å². The standard InChI is InChI=1S/C15H25N3OS/c1-4-5-18-6-7-19-13(10-18)15-16-12(8-11(2)3)9-14(20)17-15/h9,11,13H,4-8,10H2,1-3H3,(H,16,17,20). The van der Waals surface area contributed by atoms with Crippen molar-refractivity contribution in [1.82, 2.24) is 14.9 Å². The van der Waals surface area contributed by atoms with Crippen LogP contribution in [0.3, 0.4) is 0 Å². The summed E-state index contributed by atoms with van der Waals surface area (Å²) in [6.45, 7) is 10.4. The fourth-order valence-electron chi connectivity index (χ4n) is 2.62. The van der Waals surface area contributed by atoms with Crippen LogP contribution in [0.2, 0.25) is 0 Å². The zero-order valence-corrected chi connectivity index (χ0v) is 13.5. The summed E-state index contributed by atoms with van der Waals surface area (Å²) in [5.41, 5.74) is 1.16. The van der Waals surface area contributed by atoms with Crippen LogP contribution in [0.15, 0.2) is 6.07 Å². The summed E-state index contributed by atoms with van der Waals surface area (Å²) in [5.74, 6) is 1.48. The van der Waals surface area contributed by atoms with Crippen LogP contribution < -0.4 is 0 Å². The van der Waals surface area contributed by atoms with Gasteiger partial charge in [-0.05, 0) is 31.4 Å². The average Bonchev–Trinajstić information content (AvgIpc) is 2.38. The number of aromatic nitrogens is 2. The SMILES string of the molecule is CCCN1CCOC(c2nc(=S)cc(CC(C)C)[nH]2)C1. The minimum atomic E-state index is 0.0177. The van der Waals surface area contributed by atoms with E-state index in [1.807, 2.05) is 6.07 Å². The number of aromatic amines is 1. The Labute approximate surface area is 126 Å². The molecule has 1 aromatic rings. The molecule has 1 aromatic heterocycles. The minimum absolute atomic E-state index is 0.0177. The van der Waals surface area contributed by atoms with Crippen LogP contribution in [0.4, 0.5) is 0 Å². The van der Waals surface area contributed by atoms with Gasteiger partial charge in [0.1, 0.15) is 16.6 Å². The van der Waals surface area contributed by atoms with E-state index in [0.29, 0.717) is 10.6 Å². The third kappa shape index (κ3) is 4.36. The molecule has 112 valence electrons. The zero-order chi connectivity index (χ0) is 14.5. The van der Waals surface area contributed by atoms with Gasteiger partial charge >= 0.3 is 0 Å². The van der Waals surface area contributed by atoms with Crippen LogP contribution in [0, 0.1) is 10.6 Å². The summed E-state index contributed by atoms with van der Waals surface area (Å²) in [6.07, 6.45) is 2.18. The molecule has 2 heterocycles. The Hall–Kier alpha value is -0.780. The maximum Gasteiger partial charge on any atom is 0.138 e. The molecule has 1 atom stereocenters. The number of ether oxygens (including phenoxy) is 1. The molecule has 0 radical (unpaired) electrons. The molecule has 1 aliphatic rings. The number of rotatable bonds is 5. The fraction of sp³-hybridized carbons (Fsp3) is 0.733. The Morgan fingerprint density at radius 2 is 2.35 bits per heavy atom. The van der Waals surface area contributed by atoms with Gasteiger partial charge in [-0.3, -0.25) is 4.90 Å². The van der Waals surface area contributed by atoms with E-state index in [1.54, 1.807) is 0 Å². The highest BCUT2D eigenvalue weighted by Gasteiger charge is 2.23. The second-order valence-electron chi connectivity index (χ2n) is 5.89. The third-order valence-corrected chi connectivity index (χ3v) is 3.65. The molecule has 0 saturated carbocycles. The molecular formula is C15H25N3OS. The number of nitrogens with zero attached hydrogens (tertiary/aromatic N) is 2. The van der Waals surface area contributed by atoms with Gasteiger partial charge in [0, 0.05) is 18.8 Å². The molecule has 5 heteroatoms. The van der Waals surface area contributed by atoms with E-state index in [1.165, 1.54) is 6.42 Å². The molecule has 0 aliphatic carbocycles. The predicted octanol–water partition coefficient (Wildman–Crippen LogP) is 3.12. The molecule has 1 N–H and O–H groups in total. The quantitative estimate of drug-likeness (QED) is 0.847. The molecule has 0 bridgehead atoms. The smallest absolute Gasteiger partial charge is 0.138 e. The second kappa shape index (κ2) is 7.29. The van der Waals surface area contributed by atoms with Crippen molar-refractivity contribution in [2.24, 2.45) is 5.92 Å². The first-order valence-electron chi connectivity index (χ1n) is 7.52. The van der Waals surface area contributed by atoms with Crippen molar-refractivity contribution in [3.63, 3.8) is 0 Å². The molecule has 0 spiro atoms. The monoisotopic (exact) mass is 295 g/mol. The minimum Gasteiger partial charge on any atom is -0.368 e. The molecule has 1 unspecified atom stereocenters. The topological polar surface area (TPSA) is 41.1 Å². The Bertz CT molecular complexity index is 484. The first-order valence-corrected chi connectivity index (χ1v) is 7.93. The van der Waals surface area contributed by atoms with Gasteiger partial charge in [-0.2, -0.15) is 0 Å². The molecular weight excluding hydrogens is 270 g/mol. The summed E-state index contributed by atoms with van der Waals surface area (Å²) >= 11 is 5.29. The largest absolute Gasteiger partial charge is 0.368 e. The van der Waals surface area contributed by atoms with Crippen LogP contribution in [-0.2, 0) is 11.2 Å². The van der Waals surface area contributed by atoms with Gasteiger partial charge in [0.05, 0.1) is 6.61 Å². The van der Waals surface area contributed by atoms with E-state index in [0.717, 1.165) is 44.2 Å². The van der Waals surface area contributed by atoms with Crippen LogP contribution in [-0.4, -0.2) is 41.1 Å². The lowest BCUT2D eigenvalue weighted by Crippen LogP contribution is -2.39. The van der Waals surface area contributed by atoms with Gasteiger partial charge in [0.25, 0.3) is 0 Å². The number of morpholine rings is 1. The number of H-pyrrole nitrogens is 1. The van der Waals surface area contributed by atoms with E-state index >= 15 is 0 Å². The van der Waals surface area contributed by atoms with Gasteiger partial charge in [-0.25, -0.2) is 4.98 Å². The number of hydrogen-bond donors (Lipinski definition) is 1. The highest BCUT2D eigenvalue weighted by molar-refractivity contribution is 7.71. The van der Waals surface area contributed by atoms with Gasteiger partial charge in [0.2, 0.25) is 0 Å². The van der Waals surface area contributed by atoms with E-state index in [-0.39, 0.29) is 6.10 Å². The summed E-state index contributed by atoms with van der Waals surface area (Å²) in [7, 11) is 0. The summed E-state index contributed by atoms with van der Waals surface area (Å²) in [5, 5.41) is 0. The summed E-state index contributed by atoms with van der Waals surface area (Å²) in [6, 6.07) is 1.96. The van der Waals surface area contributed by atoms with Gasteiger partial charge < -0.3 is 9.72 Å². The van der Waals surface area contributed by atoms with Crippen molar-refractivity contribution in [3.8, 4) is 0 Å². The van der Waals surface area contributed by atoms with Gasteiger partial charge in [-0.15, -0.1) is 0 Å². The first-order chi connectivity index (χ1) is 9.58. The van der Waals surface area contributed by atoms with E-state index in [2.05, 4.69) is 35.6 Å². The van der Waals surface area contributed by atoms with Crippen molar-refractivity contribution in [1.29, 1.82) is 0 Å². The van der Waals surface area contributed by atoms with E-state index < -0.39 is 0 Å². The third-order valence-electron chi connectivity index (χ3n) is 3.44. The normalized spacial score (nSPS) is 20.5. The Morgan fingerprint density at radius 3 is 3.05 bits per heavy atom. The zero-order valence-electron chi connectivity index (χ0n) is 12.7.